The molecule has 0 radical (unpaired) electrons. The van der Waals surface area contributed by atoms with E-state index in [0.29, 0.717) is 22.3 Å². The van der Waals surface area contributed by atoms with Gasteiger partial charge in [-0.25, -0.2) is 0 Å². The topological polar surface area (TPSA) is 109 Å². The molecule has 26 heavy (non-hydrogen) atoms. The van der Waals surface area contributed by atoms with Gasteiger partial charge in [0.1, 0.15) is 24.7 Å². The smallest absolute Gasteiger partial charge is 0.329 e. The third-order valence-corrected chi connectivity index (χ3v) is 4.17. The molecule has 2 rings (SSSR count). The van der Waals surface area contributed by atoms with Crippen molar-refractivity contribution in [3.63, 3.8) is 0 Å². The second-order valence-electron chi connectivity index (χ2n) is 6.13. The van der Waals surface area contributed by atoms with Crippen LogP contribution < -0.4 is 5.56 Å². The summed E-state index contributed by atoms with van der Waals surface area (Å²) in [6, 6.07) is 1.56. The van der Waals surface area contributed by atoms with Crippen LogP contribution in [0.4, 0.5) is 18.9 Å². The fraction of sp³-hybridized carbons (Fsp3) is 0.533. The highest BCUT2D eigenvalue weighted by atomic mass is 19.4. The van der Waals surface area contributed by atoms with E-state index in [-0.39, 0.29) is 5.92 Å². The van der Waals surface area contributed by atoms with E-state index in [1.165, 1.54) is 13.0 Å². The number of hydrogen-bond acceptors (Lipinski definition) is 5. The van der Waals surface area contributed by atoms with Crippen LogP contribution in [0.25, 0.3) is 0 Å². The van der Waals surface area contributed by atoms with E-state index >= 15 is 0 Å². The highest BCUT2D eigenvalue weighted by molar-refractivity contribution is 5.76. The fourth-order valence-electron chi connectivity index (χ4n) is 2.64. The zero-order valence-corrected chi connectivity index (χ0v) is 13.7. The summed E-state index contributed by atoms with van der Waals surface area (Å²) in [5.41, 5.74) is -2.14. The summed E-state index contributed by atoms with van der Waals surface area (Å²) >= 11 is 0. The number of nitrogens with zero attached hydrogens (tertiary/aromatic N) is 4. The zero-order valence-electron chi connectivity index (χ0n) is 13.7. The van der Waals surface area contributed by atoms with Crippen LogP contribution in [-0.2, 0) is 11.3 Å². The highest BCUT2D eigenvalue weighted by Gasteiger charge is 2.40. The van der Waals surface area contributed by atoms with E-state index in [4.69, 9.17) is 5.26 Å². The van der Waals surface area contributed by atoms with Gasteiger partial charge in [0, 0.05) is 12.1 Å². The first-order chi connectivity index (χ1) is 12.0. The lowest BCUT2D eigenvalue weighted by Crippen LogP contribution is -2.47. The maximum Gasteiger partial charge on any atom is 0.406 e. The van der Waals surface area contributed by atoms with Gasteiger partial charge in [0.05, 0.1) is 11.1 Å². The van der Waals surface area contributed by atoms with Gasteiger partial charge in [0.15, 0.2) is 0 Å². The average molecular weight is 372 g/mol. The van der Waals surface area contributed by atoms with Crippen molar-refractivity contribution in [2.45, 2.75) is 38.5 Å². The molecule has 1 saturated carbocycles. The standard InChI is InChI=1S/C15H15F3N4O4/c1-9(10-2-3-10)21(8-15(16,17)18)13(23)7-20-6-12(22(25)26)4-11(5-19)14(20)24/h4,6,9-10H,2-3,7-8H2,1H3/t9-/m0/s1. The number of aromatic nitrogens is 1. The molecule has 0 aromatic carbocycles. The van der Waals surface area contributed by atoms with Crippen molar-refractivity contribution in [1.82, 2.24) is 9.47 Å². The van der Waals surface area contributed by atoms with Crippen molar-refractivity contribution in [3.8, 4) is 6.07 Å². The Morgan fingerprint density at radius 1 is 1.54 bits per heavy atom. The Hall–Kier alpha value is -2.90. The van der Waals surface area contributed by atoms with Crippen LogP contribution in [0.5, 0.6) is 0 Å². The van der Waals surface area contributed by atoms with Crippen LogP contribution >= 0.6 is 0 Å². The van der Waals surface area contributed by atoms with Gasteiger partial charge in [-0.05, 0) is 25.7 Å². The van der Waals surface area contributed by atoms with Crippen LogP contribution in [0.2, 0.25) is 0 Å². The number of carbonyl (C=O) groups is 1. The number of nitriles is 1. The number of pyridine rings is 1. The lowest BCUT2D eigenvalue weighted by molar-refractivity contribution is -0.385. The first kappa shape index (κ1) is 19.4. The van der Waals surface area contributed by atoms with Gasteiger partial charge in [-0.1, -0.05) is 0 Å². The maximum absolute atomic E-state index is 12.8. The first-order valence-corrected chi connectivity index (χ1v) is 7.68. The first-order valence-electron chi connectivity index (χ1n) is 7.68. The van der Waals surface area contributed by atoms with Gasteiger partial charge in [-0.3, -0.25) is 24.3 Å². The molecule has 1 heterocycles. The molecule has 0 spiro atoms. The second-order valence-corrected chi connectivity index (χ2v) is 6.13. The van der Waals surface area contributed by atoms with Gasteiger partial charge in [0.2, 0.25) is 5.91 Å². The summed E-state index contributed by atoms with van der Waals surface area (Å²) in [6.45, 7) is -0.793. The Morgan fingerprint density at radius 3 is 2.62 bits per heavy atom. The molecule has 0 aliphatic heterocycles. The van der Waals surface area contributed by atoms with Crippen LogP contribution in [0.15, 0.2) is 17.1 Å². The summed E-state index contributed by atoms with van der Waals surface area (Å²) in [7, 11) is 0. The molecule has 1 aromatic rings. The lowest BCUT2D eigenvalue weighted by atomic mass is 10.1. The Kier molecular flexibility index (Phi) is 5.34. The molecule has 1 fully saturated rings. The van der Waals surface area contributed by atoms with Gasteiger partial charge in [-0.2, -0.15) is 18.4 Å². The van der Waals surface area contributed by atoms with E-state index in [1.807, 2.05) is 0 Å². The summed E-state index contributed by atoms with van der Waals surface area (Å²) < 4.78 is 39.1. The third-order valence-electron chi connectivity index (χ3n) is 4.17. The van der Waals surface area contributed by atoms with Gasteiger partial charge >= 0.3 is 6.18 Å². The molecule has 1 atom stereocenters. The number of hydrogen-bond donors (Lipinski definition) is 0. The minimum Gasteiger partial charge on any atom is -0.329 e. The predicted molar refractivity (Wildman–Crippen MR) is 82.0 cm³/mol. The molecule has 0 bridgehead atoms. The highest BCUT2D eigenvalue weighted by Crippen LogP contribution is 2.36. The van der Waals surface area contributed by atoms with Crippen LogP contribution in [0, 0.1) is 27.4 Å². The molecule has 140 valence electrons. The molecular formula is C15H15F3N4O4. The number of amides is 1. The van der Waals surface area contributed by atoms with Crippen molar-refractivity contribution in [1.29, 1.82) is 5.26 Å². The van der Waals surface area contributed by atoms with E-state index in [9.17, 15) is 32.9 Å². The van der Waals surface area contributed by atoms with Crippen molar-refractivity contribution in [2.75, 3.05) is 6.54 Å². The van der Waals surface area contributed by atoms with E-state index in [0.717, 1.165) is 12.3 Å². The van der Waals surface area contributed by atoms with Gasteiger partial charge < -0.3 is 4.90 Å². The molecule has 8 nitrogen and oxygen atoms in total. The molecule has 0 saturated heterocycles. The van der Waals surface area contributed by atoms with Crippen molar-refractivity contribution in [3.05, 3.63) is 38.3 Å². The summed E-state index contributed by atoms with van der Waals surface area (Å²) in [5.74, 6) is -1.04. The van der Waals surface area contributed by atoms with Crippen LogP contribution in [-0.4, -0.2) is 39.1 Å². The number of carbonyl (C=O) groups excluding carboxylic acids is 1. The summed E-state index contributed by atoms with van der Waals surface area (Å²) in [4.78, 5) is 35.1. The maximum atomic E-state index is 12.8. The number of nitro groups is 1. The molecule has 1 aliphatic carbocycles. The van der Waals surface area contributed by atoms with Crippen LogP contribution in [0.3, 0.4) is 0 Å². The Balaban J connectivity index is 2.33. The summed E-state index contributed by atoms with van der Waals surface area (Å²) in [6.07, 6.45) is -2.46. The minimum atomic E-state index is -4.62. The minimum absolute atomic E-state index is 0.0437. The SMILES string of the molecule is C[C@@H](C1CC1)N(CC(F)(F)F)C(=O)Cn1cc([N+](=O)[O-])cc(C#N)c1=O. The van der Waals surface area contributed by atoms with Gasteiger partial charge in [-0.15, -0.1) is 0 Å². The fourth-order valence-corrected chi connectivity index (χ4v) is 2.64. The monoisotopic (exact) mass is 372 g/mol. The zero-order chi connectivity index (χ0) is 19.6. The average Bonchev–Trinajstić information content (AvgIpc) is 3.37. The Morgan fingerprint density at radius 2 is 2.15 bits per heavy atom. The van der Waals surface area contributed by atoms with Crippen LogP contribution in [0.1, 0.15) is 25.3 Å². The van der Waals surface area contributed by atoms with Crippen molar-refractivity contribution < 1.29 is 22.9 Å². The molecule has 0 unspecified atom stereocenters. The molecule has 11 heteroatoms. The number of alkyl halides is 3. The summed E-state index contributed by atoms with van der Waals surface area (Å²) in [5, 5.41) is 19.8. The third kappa shape index (κ3) is 4.59. The largest absolute Gasteiger partial charge is 0.406 e. The molecule has 1 aliphatic rings. The Labute approximate surface area is 145 Å². The molecule has 1 amide bonds. The quantitative estimate of drug-likeness (QED) is 0.559. The van der Waals surface area contributed by atoms with Crippen molar-refractivity contribution >= 4 is 11.6 Å². The van der Waals surface area contributed by atoms with Gasteiger partial charge in [0.25, 0.3) is 11.2 Å². The van der Waals surface area contributed by atoms with Crippen molar-refractivity contribution in [2.24, 2.45) is 5.92 Å². The molecule has 1 aromatic heterocycles. The molecule has 0 N–H and O–H groups in total. The molecular weight excluding hydrogens is 357 g/mol. The Bertz CT molecular complexity index is 824. The van der Waals surface area contributed by atoms with E-state index < -0.39 is 52.9 Å². The van der Waals surface area contributed by atoms with E-state index in [1.54, 1.807) is 0 Å². The normalized spacial score (nSPS) is 15.2. The number of halogens is 3. The van der Waals surface area contributed by atoms with E-state index in [2.05, 4.69) is 0 Å². The predicted octanol–water partition coefficient (Wildman–Crippen LogP) is 1.82. The second kappa shape index (κ2) is 7.15. The number of rotatable bonds is 6. The lowest BCUT2D eigenvalue weighted by Gasteiger charge is -2.30.